The van der Waals surface area contributed by atoms with Crippen molar-refractivity contribution in [1.29, 1.82) is 0 Å². The number of hydrogen-bond acceptors (Lipinski definition) is 6. The van der Waals surface area contributed by atoms with Crippen LogP contribution < -0.4 is 14.4 Å². The first-order valence-corrected chi connectivity index (χ1v) is 18.3. The first kappa shape index (κ1) is 37.8. The van der Waals surface area contributed by atoms with Gasteiger partial charge >= 0.3 is 5.97 Å². The monoisotopic (exact) mass is 757 g/mol. The highest BCUT2D eigenvalue weighted by atomic mass is 35.5. The number of benzene rings is 3. The minimum Gasteiger partial charge on any atom is -0.495 e. The summed E-state index contributed by atoms with van der Waals surface area (Å²) in [5, 5.41) is 17.6. The van der Waals surface area contributed by atoms with Gasteiger partial charge < -0.3 is 28.6 Å². The van der Waals surface area contributed by atoms with Crippen LogP contribution in [0.3, 0.4) is 0 Å². The highest BCUT2D eigenvalue weighted by Crippen LogP contribution is 2.43. The lowest BCUT2D eigenvalue weighted by Gasteiger charge is -2.27. The molecule has 53 heavy (non-hydrogen) atoms. The molecule has 0 aliphatic carbocycles. The van der Waals surface area contributed by atoms with E-state index >= 15 is 0 Å². The summed E-state index contributed by atoms with van der Waals surface area (Å²) in [6.45, 7) is 10.9. The van der Waals surface area contributed by atoms with Crippen molar-refractivity contribution >= 4 is 63.0 Å². The molecule has 0 aliphatic rings. The molecule has 6 rings (SSSR count). The lowest BCUT2D eigenvalue weighted by molar-refractivity contribution is 0.0687. The molecule has 0 fully saturated rings. The van der Waals surface area contributed by atoms with Gasteiger partial charge in [0, 0.05) is 72.0 Å². The summed E-state index contributed by atoms with van der Waals surface area (Å²) in [6, 6.07) is 13.0. The number of aryl methyl sites for hydroxylation is 6. The molecule has 0 saturated carbocycles. The van der Waals surface area contributed by atoms with Gasteiger partial charge in [-0.15, -0.1) is 0 Å². The van der Waals surface area contributed by atoms with Gasteiger partial charge in [0.15, 0.2) is 6.29 Å². The molecule has 0 saturated heterocycles. The molecule has 1 N–H and O–H groups in total. The fourth-order valence-electron chi connectivity index (χ4n) is 7.81. The van der Waals surface area contributed by atoms with Gasteiger partial charge in [-0.1, -0.05) is 29.3 Å². The van der Waals surface area contributed by atoms with Crippen LogP contribution in [0, 0.1) is 27.7 Å². The van der Waals surface area contributed by atoms with Crippen LogP contribution in [0.2, 0.25) is 10.0 Å². The zero-order valence-corrected chi connectivity index (χ0v) is 33.1. The maximum absolute atomic E-state index is 13.3. The number of halogens is 2. The highest BCUT2D eigenvalue weighted by Gasteiger charge is 2.28. The number of aromatic carboxylic acids is 1. The van der Waals surface area contributed by atoms with Crippen LogP contribution in [0.5, 0.6) is 11.5 Å². The Morgan fingerprint density at radius 2 is 1.70 bits per heavy atom. The van der Waals surface area contributed by atoms with Crippen molar-refractivity contribution in [2.24, 2.45) is 14.1 Å². The zero-order chi connectivity index (χ0) is 38.5. The van der Waals surface area contributed by atoms with Crippen molar-refractivity contribution in [3.05, 3.63) is 92.0 Å². The third kappa shape index (κ3) is 6.63. The van der Waals surface area contributed by atoms with Crippen molar-refractivity contribution in [1.82, 2.24) is 18.9 Å². The Hall–Kier alpha value is -4.93. The van der Waals surface area contributed by atoms with Crippen LogP contribution in [0.25, 0.3) is 32.9 Å². The van der Waals surface area contributed by atoms with Crippen LogP contribution in [0.4, 0.5) is 5.69 Å². The SMILES string of the molecule is COc1ccc(N(C)C[C@@H](C)n2c(C=O)c(CCCOc3cc(C)c(Cl)c(C)c3)c3ccc(Cl)c(-c4c(C)nn(C)c4C)c32)c2cc(C(=O)O)n(C)c12. The molecule has 0 unspecified atom stereocenters. The Bertz CT molecular complexity index is 2380. The predicted molar refractivity (Wildman–Crippen MR) is 213 cm³/mol. The lowest BCUT2D eigenvalue weighted by atomic mass is 9.98. The second-order valence-electron chi connectivity index (χ2n) is 13.8. The highest BCUT2D eigenvalue weighted by molar-refractivity contribution is 6.35. The van der Waals surface area contributed by atoms with Crippen molar-refractivity contribution in [3.8, 4) is 22.6 Å². The van der Waals surface area contributed by atoms with E-state index in [0.29, 0.717) is 48.0 Å². The molecule has 0 radical (unpaired) electrons. The number of hydrogen-bond donors (Lipinski definition) is 1. The van der Waals surface area contributed by atoms with E-state index in [1.54, 1.807) is 24.8 Å². The molecular weight excluding hydrogens is 713 g/mol. The Morgan fingerprint density at radius 1 is 1.00 bits per heavy atom. The van der Waals surface area contributed by atoms with Crippen molar-refractivity contribution in [2.45, 2.75) is 53.5 Å². The van der Waals surface area contributed by atoms with Gasteiger partial charge in [-0.25, -0.2) is 4.79 Å². The number of aldehydes is 1. The molecule has 1 atom stereocenters. The molecule has 0 bridgehead atoms. The summed E-state index contributed by atoms with van der Waals surface area (Å²) >= 11 is 13.5. The maximum atomic E-state index is 13.3. The molecule has 10 nitrogen and oxygen atoms in total. The minimum absolute atomic E-state index is 0.156. The second-order valence-corrected chi connectivity index (χ2v) is 14.6. The number of methoxy groups -OCH3 is 1. The van der Waals surface area contributed by atoms with Crippen molar-refractivity contribution in [2.75, 3.05) is 32.2 Å². The topological polar surface area (TPSA) is 104 Å². The Labute approximate surface area is 319 Å². The number of carbonyl (C=O) groups is 2. The maximum Gasteiger partial charge on any atom is 0.352 e. The number of aromatic nitrogens is 4. The number of carbonyl (C=O) groups excluding carboxylic acids is 1. The standard InChI is InChI=1S/C41H45Cl2N5O5/c1-22-17-27(18-23(2)38(22)43)53-16-10-11-28-29-12-13-31(42)37(36-25(4)44-47(8)26(36)5)40(29)48(34(28)21-49)24(3)20-45(6)32-14-15-35(52-9)39-30(32)19-33(41(50)51)46(39)7/h12-15,17-19,21,24H,10-11,16,20H2,1-9H3,(H,50,51)/t24-/m1/s1. The third-order valence-electron chi connectivity index (χ3n) is 10.3. The Balaban J connectivity index is 1.45. The molecule has 278 valence electrons. The van der Waals surface area contributed by atoms with Gasteiger partial charge in [-0.3, -0.25) is 9.48 Å². The number of carboxylic acids is 1. The summed E-state index contributed by atoms with van der Waals surface area (Å²) in [4.78, 5) is 27.5. The number of fused-ring (bicyclic) bond motifs is 2. The fourth-order valence-corrected chi connectivity index (χ4v) is 8.17. The lowest BCUT2D eigenvalue weighted by Crippen LogP contribution is -2.27. The van der Waals surface area contributed by atoms with Crippen LogP contribution in [0.15, 0.2) is 42.5 Å². The molecule has 12 heteroatoms. The van der Waals surface area contributed by atoms with E-state index in [9.17, 15) is 14.7 Å². The molecule has 3 heterocycles. The average Bonchev–Trinajstić information content (AvgIpc) is 3.72. The Morgan fingerprint density at radius 3 is 2.30 bits per heavy atom. The van der Waals surface area contributed by atoms with E-state index in [4.69, 9.17) is 37.8 Å². The van der Waals surface area contributed by atoms with Gasteiger partial charge in [0.2, 0.25) is 0 Å². The third-order valence-corrected chi connectivity index (χ3v) is 11.3. The fraction of sp³-hybridized carbons (Fsp3) is 0.341. The minimum atomic E-state index is -1.02. The van der Waals surface area contributed by atoms with Gasteiger partial charge in [0.1, 0.15) is 17.2 Å². The van der Waals surface area contributed by atoms with Gasteiger partial charge in [-0.2, -0.15) is 5.10 Å². The first-order valence-electron chi connectivity index (χ1n) is 17.5. The number of anilines is 1. The van der Waals surface area contributed by atoms with Crippen LogP contribution >= 0.6 is 23.2 Å². The molecule has 0 aliphatic heterocycles. The van der Waals surface area contributed by atoms with E-state index in [-0.39, 0.29) is 11.7 Å². The molecule has 6 aromatic rings. The predicted octanol–water partition coefficient (Wildman–Crippen LogP) is 9.30. The van der Waals surface area contributed by atoms with Crippen molar-refractivity contribution in [3.63, 3.8) is 0 Å². The number of rotatable bonds is 13. The summed E-state index contributed by atoms with van der Waals surface area (Å²) in [5.74, 6) is 0.317. The van der Waals surface area contributed by atoms with E-state index in [2.05, 4.69) is 16.4 Å². The smallest absolute Gasteiger partial charge is 0.352 e. The van der Waals surface area contributed by atoms with Crippen LogP contribution in [-0.4, -0.2) is 63.6 Å². The van der Waals surface area contributed by atoms with E-state index in [0.717, 1.165) is 78.2 Å². The first-order chi connectivity index (χ1) is 25.2. The number of likely N-dealkylation sites (N-methyl/N-ethyl adjacent to an activating group) is 1. The summed E-state index contributed by atoms with van der Waals surface area (Å²) in [5.41, 5.74) is 9.54. The largest absolute Gasteiger partial charge is 0.495 e. The molecule has 3 aromatic carbocycles. The Kier molecular flexibility index (Phi) is 10.6. The molecule has 3 aromatic heterocycles. The second kappa shape index (κ2) is 14.8. The van der Waals surface area contributed by atoms with Crippen LogP contribution in [-0.2, 0) is 20.5 Å². The number of carboxylic acid groups (broad SMARTS) is 1. The van der Waals surface area contributed by atoms with Crippen LogP contribution in [0.1, 0.15) is 68.4 Å². The zero-order valence-electron chi connectivity index (χ0n) is 31.6. The molecular formula is C41H45Cl2N5O5. The molecule has 0 spiro atoms. The molecule has 0 amide bonds. The average molecular weight is 759 g/mol. The van der Waals surface area contributed by atoms with Gasteiger partial charge in [0.05, 0.1) is 41.2 Å². The van der Waals surface area contributed by atoms with E-state index in [1.165, 1.54) is 0 Å². The van der Waals surface area contributed by atoms with Crippen molar-refractivity contribution < 1.29 is 24.2 Å². The summed E-state index contributed by atoms with van der Waals surface area (Å²) in [7, 11) is 7.18. The van der Waals surface area contributed by atoms with Gasteiger partial charge in [0.25, 0.3) is 0 Å². The van der Waals surface area contributed by atoms with E-state index in [1.807, 2.05) is 82.9 Å². The quantitative estimate of drug-likeness (QED) is 0.0925. The van der Waals surface area contributed by atoms with E-state index < -0.39 is 5.97 Å². The number of nitrogens with zero attached hydrogens (tertiary/aromatic N) is 5. The summed E-state index contributed by atoms with van der Waals surface area (Å²) in [6.07, 6.45) is 2.21. The number of ether oxygens (including phenoxy) is 2. The summed E-state index contributed by atoms with van der Waals surface area (Å²) < 4.78 is 17.4. The van der Waals surface area contributed by atoms with Gasteiger partial charge in [-0.05, 0) is 101 Å². The normalized spacial score (nSPS) is 12.1.